The lowest BCUT2D eigenvalue weighted by atomic mass is 9.84. The van der Waals surface area contributed by atoms with Gasteiger partial charge in [0.1, 0.15) is 0 Å². The fraction of sp³-hybridized carbons (Fsp3) is 0.696. The van der Waals surface area contributed by atoms with Gasteiger partial charge in [-0.3, -0.25) is 4.90 Å². The van der Waals surface area contributed by atoms with Crippen molar-refractivity contribution in [1.82, 2.24) is 10.2 Å². The van der Waals surface area contributed by atoms with Crippen LogP contribution in [0.15, 0.2) is 18.2 Å². The summed E-state index contributed by atoms with van der Waals surface area (Å²) in [5.41, 5.74) is 1.15. The summed E-state index contributed by atoms with van der Waals surface area (Å²) in [7, 11) is 0. The third kappa shape index (κ3) is 6.37. The zero-order valence-electron chi connectivity index (χ0n) is 18.4. The van der Waals surface area contributed by atoms with Crippen molar-refractivity contribution >= 4 is 11.8 Å². The predicted octanol–water partition coefficient (Wildman–Crippen LogP) is 4.17. The molecule has 0 radical (unpaired) electrons. The van der Waals surface area contributed by atoms with Crippen LogP contribution >= 0.6 is 0 Å². The Kier molecular flexibility index (Phi) is 7.23. The number of alkyl halides is 2. The Bertz CT molecular complexity index is 773. The van der Waals surface area contributed by atoms with Crippen molar-refractivity contribution in [3.8, 4) is 11.5 Å². The van der Waals surface area contributed by atoms with Gasteiger partial charge in [-0.15, -0.1) is 0 Å². The summed E-state index contributed by atoms with van der Waals surface area (Å²) in [6, 6.07) is 6.27. The number of anilines is 1. The Hall–Kier alpha value is -2.29. The monoisotopic (exact) mass is 453 g/mol. The van der Waals surface area contributed by atoms with Crippen LogP contribution in [-0.4, -0.2) is 67.6 Å². The molecular formula is C23H33F2N3O4. The number of piperazine rings is 1. The molecule has 4 aliphatic rings. The van der Waals surface area contributed by atoms with Crippen LogP contribution < -0.4 is 19.7 Å². The summed E-state index contributed by atoms with van der Waals surface area (Å²) in [4.78, 5) is 15.7. The van der Waals surface area contributed by atoms with E-state index in [1.807, 2.05) is 12.1 Å². The Morgan fingerprint density at radius 1 is 1.09 bits per heavy atom. The van der Waals surface area contributed by atoms with Crippen LogP contribution in [0, 0.1) is 5.92 Å². The van der Waals surface area contributed by atoms with E-state index in [-0.39, 0.29) is 18.9 Å². The van der Waals surface area contributed by atoms with Crippen LogP contribution in [0.4, 0.5) is 19.3 Å². The van der Waals surface area contributed by atoms with E-state index in [0.717, 1.165) is 81.5 Å². The summed E-state index contributed by atoms with van der Waals surface area (Å²) in [6.07, 6.45) is 4.80. The molecule has 2 aliphatic heterocycles. The first-order valence-corrected chi connectivity index (χ1v) is 11.6. The second-order valence-electron chi connectivity index (χ2n) is 9.15. The lowest BCUT2D eigenvalue weighted by Gasteiger charge is -2.37. The van der Waals surface area contributed by atoms with Gasteiger partial charge in [0.25, 0.3) is 0 Å². The molecule has 1 aromatic carbocycles. The van der Waals surface area contributed by atoms with Crippen molar-refractivity contribution in [3.63, 3.8) is 0 Å². The number of halogens is 2. The molecule has 7 nitrogen and oxygen atoms in total. The van der Waals surface area contributed by atoms with Crippen molar-refractivity contribution in [2.45, 2.75) is 56.9 Å². The van der Waals surface area contributed by atoms with Gasteiger partial charge in [0.05, 0.1) is 5.69 Å². The summed E-state index contributed by atoms with van der Waals surface area (Å²) in [5.74, 6) is 0.221. The first-order valence-electron chi connectivity index (χ1n) is 11.6. The highest BCUT2D eigenvalue weighted by molar-refractivity contribution is 5.66. The standard InChI is InChI=1S/C20H29N3O4.C3H4F2/c24-20(25)21-16-6-4-15(5-7-16)8-9-22-10-12-23(13-11-22)17-2-1-3-18-19(17)27-14-26-18;4-3(5)1-2-3/h1-3,15-16,21H,4-14H2,(H,24,25);1-2H2. The zero-order valence-corrected chi connectivity index (χ0v) is 18.4. The summed E-state index contributed by atoms with van der Waals surface area (Å²) in [5, 5.41) is 11.5. The number of ether oxygens (including phenoxy) is 2. The summed E-state index contributed by atoms with van der Waals surface area (Å²) >= 11 is 0. The van der Waals surface area contributed by atoms with Gasteiger partial charge < -0.3 is 24.8 Å². The van der Waals surface area contributed by atoms with Crippen LogP contribution in [0.2, 0.25) is 0 Å². The number of nitrogens with zero attached hydrogens (tertiary/aromatic N) is 2. The van der Waals surface area contributed by atoms with Crippen LogP contribution in [0.5, 0.6) is 11.5 Å². The smallest absolute Gasteiger partial charge is 0.404 e. The van der Waals surface area contributed by atoms with Gasteiger partial charge in [-0.25, -0.2) is 13.6 Å². The summed E-state index contributed by atoms with van der Waals surface area (Å²) < 4.78 is 33.4. The van der Waals surface area contributed by atoms with Crippen molar-refractivity contribution < 1.29 is 28.2 Å². The quantitative estimate of drug-likeness (QED) is 0.697. The molecule has 5 rings (SSSR count). The van der Waals surface area contributed by atoms with E-state index < -0.39 is 12.0 Å². The van der Waals surface area contributed by atoms with E-state index in [1.165, 1.54) is 6.42 Å². The third-order valence-electron chi connectivity index (χ3n) is 6.74. The number of fused-ring (bicyclic) bond motifs is 1. The minimum Gasteiger partial charge on any atom is -0.465 e. The van der Waals surface area contributed by atoms with Gasteiger partial charge in [-0.1, -0.05) is 6.07 Å². The SMILES string of the molecule is FC1(F)CC1.O=C(O)NC1CCC(CCN2CCN(c3cccc4c3OCO4)CC2)CC1. The highest BCUT2D eigenvalue weighted by Crippen LogP contribution is 2.41. The van der Waals surface area contributed by atoms with E-state index >= 15 is 0 Å². The van der Waals surface area contributed by atoms with Crippen LogP contribution in [0.1, 0.15) is 44.9 Å². The van der Waals surface area contributed by atoms with Crippen LogP contribution in [-0.2, 0) is 0 Å². The molecule has 0 unspecified atom stereocenters. The molecule has 2 N–H and O–H groups in total. The number of rotatable bonds is 5. The van der Waals surface area contributed by atoms with Gasteiger partial charge >= 0.3 is 6.09 Å². The van der Waals surface area contributed by atoms with Crippen molar-refractivity contribution in [2.75, 3.05) is 44.4 Å². The van der Waals surface area contributed by atoms with Gasteiger partial charge in [0.2, 0.25) is 12.7 Å². The van der Waals surface area contributed by atoms with E-state index in [4.69, 9.17) is 14.6 Å². The van der Waals surface area contributed by atoms with E-state index in [2.05, 4.69) is 21.2 Å². The minimum atomic E-state index is -2.25. The fourth-order valence-corrected chi connectivity index (χ4v) is 4.61. The molecule has 1 aromatic rings. The molecule has 1 saturated heterocycles. The number of nitrogens with one attached hydrogen (secondary N) is 1. The Balaban J connectivity index is 0.000000433. The van der Waals surface area contributed by atoms with Gasteiger partial charge in [-0.05, 0) is 56.7 Å². The predicted molar refractivity (Wildman–Crippen MR) is 117 cm³/mol. The molecule has 32 heavy (non-hydrogen) atoms. The number of carboxylic acid groups (broad SMARTS) is 1. The number of hydrogen-bond acceptors (Lipinski definition) is 5. The molecule has 3 fully saturated rings. The molecule has 2 heterocycles. The molecule has 2 aliphatic carbocycles. The average molecular weight is 454 g/mol. The zero-order chi connectivity index (χ0) is 22.6. The number of amides is 1. The van der Waals surface area contributed by atoms with Crippen molar-refractivity contribution in [3.05, 3.63) is 18.2 Å². The van der Waals surface area contributed by atoms with Crippen LogP contribution in [0.25, 0.3) is 0 Å². The maximum Gasteiger partial charge on any atom is 0.404 e. The van der Waals surface area contributed by atoms with Gasteiger partial charge in [0.15, 0.2) is 11.5 Å². The van der Waals surface area contributed by atoms with Crippen molar-refractivity contribution in [1.29, 1.82) is 0 Å². The lowest BCUT2D eigenvalue weighted by molar-refractivity contribution is 0.120. The van der Waals surface area contributed by atoms with E-state index in [0.29, 0.717) is 6.79 Å². The lowest BCUT2D eigenvalue weighted by Crippen LogP contribution is -2.47. The molecule has 0 aromatic heterocycles. The molecular weight excluding hydrogens is 420 g/mol. The molecule has 1 amide bonds. The maximum absolute atomic E-state index is 11.1. The Morgan fingerprint density at radius 3 is 2.41 bits per heavy atom. The molecule has 2 saturated carbocycles. The van der Waals surface area contributed by atoms with Gasteiger partial charge in [0, 0.05) is 45.1 Å². The number of carbonyl (C=O) groups is 1. The third-order valence-corrected chi connectivity index (χ3v) is 6.74. The van der Waals surface area contributed by atoms with Crippen LogP contribution in [0.3, 0.4) is 0 Å². The largest absolute Gasteiger partial charge is 0.465 e. The second-order valence-corrected chi connectivity index (χ2v) is 9.15. The normalized spacial score (nSPS) is 26.1. The fourth-order valence-electron chi connectivity index (χ4n) is 4.61. The topological polar surface area (TPSA) is 74.3 Å². The molecule has 0 spiro atoms. The molecule has 0 bridgehead atoms. The molecule has 9 heteroatoms. The number of hydrogen-bond donors (Lipinski definition) is 2. The minimum absolute atomic E-state index is 0.118. The van der Waals surface area contributed by atoms with E-state index in [1.54, 1.807) is 0 Å². The molecule has 178 valence electrons. The number of para-hydroxylation sites is 1. The number of benzene rings is 1. The van der Waals surface area contributed by atoms with Gasteiger partial charge in [-0.2, -0.15) is 0 Å². The second kappa shape index (κ2) is 10.1. The van der Waals surface area contributed by atoms with E-state index in [9.17, 15) is 13.6 Å². The highest BCUT2D eigenvalue weighted by atomic mass is 19.3. The Morgan fingerprint density at radius 2 is 1.78 bits per heavy atom. The first-order chi connectivity index (χ1) is 15.4. The van der Waals surface area contributed by atoms with Crippen molar-refractivity contribution in [2.24, 2.45) is 5.92 Å². The molecule has 0 atom stereocenters. The summed E-state index contributed by atoms with van der Waals surface area (Å²) in [6.45, 7) is 5.61. The maximum atomic E-state index is 11.1. The average Bonchev–Trinajstić information content (AvgIpc) is 3.27. The first kappa shape index (κ1) is 22.9. The highest BCUT2D eigenvalue weighted by Gasteiger charge is 2.43. The Labute approximate surface area is 187 Å².